The number of methoxy groups -OCH3 is 1. The van der Waals surface area contributed by atoms with Crippen molar-refractivity contribution < 1.29 is 29.2 Å². The number of aliphatic hydroxyl groups excluding tert-OH is 2. The van der Waals surface area contributed by atoms with Crippen LogP contribution in [-0.4, -0.2) is 92.0 Å². The van der Waals surface area contributed by atoms with Gasteiger partial charge in [-0.1, -0.05) is 49.6 Å². The minimum Gasteiger partial charge on any atom is -0.497 e. The van der Waals surface area contributed by atoms with Crippen LogP contribution in [0, 0.1) is 5.92 Å². The molecule has 1 fully saturated rings. The summed E-state index contributed by atoms with van der Waals surface area (Å²) in [6, 6.07) is 15.5. The Hall–Kier alpha value is -2.34. The number of carbonyl (C=O) groups is 1. The Morgan fingerprint density at radius 3 is 2.74 bits per heavy atom. The number of rotatable bonds is 10. The fourth-order valence-corrected chi connectivity index (χ4v) is 6.75. The van der Waals surface area contributed by atoms with Crippen LogP contribution in [-0.2, 0) is 22.3 Å². The molecule has 2 heterocycles. The van der Waals surface area contributed by atoms with Gasteiger partial charge in [0.25, 0.3) is 0 Å². The molecule has 43 heavy (non-hydrogen) atoms. The third-order valence-electron chi connectivity index (χ3n) is 8.19. The van der Waals surface area contributed by atoms with Crippen molar-refractivity contribution in [3.63, 3.8) is 0 Å². The van der Waals surface area contributed by atoms with E-state index in [-0.39, 0.29) is 12.5 Å². The second-order valence-electron chi connectivity index (χ2n) is 11.5. The Morgan fingerprint density at radius 1 is 1.12 bits per heavy atom. The average molecular weight is 616 g/mol. The average Bonchev–Trinajstić information content (AvgIpc) is 3.44. The number of carbonyl (C=O) groups excluding carboxylic acids is 1. The van der Waals surface area contributed by atoms with E-state index in [4.69, 9.17) is 14.2 Å². The maximum absolute atomic E-state index is 13.1. The van der Waals surface area contributed by atoms with Crippen LogP contribution < -0.4 is 15.4 Å². The van der Waals surface area contributed by atoms with Crippen molar-refractivity contribution in [2.45, 2.75) is 74.5 Å². The van der Waals surface area contributed by atoms with E-state index in [2.05, 4.69) is 27.1 Å². The summed E-state index contributed by atoms with van der Waals surface area (Å²) >= 11 is 1.66. The number of aryl methyl sites for hydroxylation is 1. The van der Waals surface area contributed by atoms with Crippen LogP contribution in [0.2, 0.25) is 0 Å². The molecule has 4 N–H and O–H groups in total. The highest BCUT2D eigenvalue weighted by Gasteiger charge is 2.33. The minimum atomic E-state index is -0.853. The van der Waals surface area contributed by atoms with Crippen molar-refractivity contribution >= 4 is 18.0 Å². The second-order valence-corrected chi connectivity index (χ2v) is 12.6. The maximum Gasteiger partial charge on any atom is 0.407 e. The summed E-state index contributed by atoms with van der Waals surface area (Å²) in [5.74, 6) is 0.819. The molecule has 0 bridgehead atoms. The number of hydrogen-bond acceptors (Lipinski definition) is 9. The summed E-state index contributed by atoms with van der Waals surface area (Å²) in [7, 11) is 1.70. The molecule has 9 nitrogen and oxygen atoms in total. The van der Waals surface area contributed by atoms with Gasteiger partial charge >= 0.3 is 6.09 Å². The summed E-state index contributed by atoms with van der Waals surface area (Å²) < 4.78 is 19.0. The molecule has 0 aromatic heterocycles. The van der Waals surface area contributed by atoms with Crippen molar-refractivity contribution in [3.05, 3.63) is 59.7 Å². The molecule has 2 aromatic carbocycles. The fourth-order valence-electron chi connectivity index (χ4n) is 5.66. The van der Waals surface area contributed by atoms with Crippen molar-refractivity contribution in [1.82, 2.24) is 14.9 Å². The van der Waals surface area contributed by atoms with Gasteiger partial charge in [-0.3, -0.25) is 0 Å². The predicted octanol–water partition coefficient (Wildman–Crippen LogP) is 4.20. The van der Waals surface area contributed by atoms with Crippen LogP contribution in [0.5, 0.6) is 5.75 Å². The van der Waals surface area contributed by atoms with E-state index in [9.17, 15) is 15.0 Å². The van der Waals surface area contributed by atoms with E-state index >= 15 is 0 Å². The number of alkyl carbamates (subject to hydrolysis) is 1. The summed E-state index contributed by atoms with van der Waals surface area (Å²) in [5.41, 5.74) is 2.27. The normalized spacial score (nSPS) is 22.1. The maximum atomic E-state index is 13.1. The van der Waals surface area contributed by atoms with E-state index in [1.165, 1.54) is 24.8 Å². The van der Waals surface area contributed by atoms with Gasteiger partial charge in [-0.05, 0) is 79.9 Å². The molecule has 2 aliphatic rings. The van der Waals surface area contributed by atoms with Crippen LogP contribution in [0.3, 0.4) is 0 Å². The number of benzene rings is 2. The quantitative estimate of drug-likeness (QED) is 0.292. The van der Waals surface area contributed by atoms with Crippen LogP contribution >= 0.6 is 11.9 Å². The van der Waals surface area contributed by atoms with Crippen molar-refractivity contribution in [2.75, 3.05) is 53.1 Å². The van der Waals surface area contributed by atoms with Crippen LogP contribution in [0.25, 0.3) is 0 Å². The smallest absolute Gasteiger partial charge is 0.407 e. The van der Waals surface area contributed by atoms with Gasteiger partial charge in [0.1, 0.15) is 11.9 Å². The summed E-state index contributed by atoms with van der Waals surface area (Å²) in [5, 5.41) is 27.5. The number of fused-ring (bicyclic) bond motifs is 1. The topological polar surface area (TPSA) is 113 Å². The Labute approximate surface area is 260 Å². The summed E-state index contributed by atoms with van der Waals surface area (Å²) in [4.78, 5) is 14.2. The van der Waals surface area contributed by atoms with Gasteiger partial charge in [0, 0.05) is 37.1 Å². The van der Waals surface area contributed by atoms with Gasteiger partial charge in [0.2, 0.25) is 0 Å². The molecule has 0 radical (unpaired) electrons. The Kier molecular flexibility index (Phi) is 14.4. The lowest BCUT2D eigenvalue weighted by Crippen LogP contribution is -2.50. The molecular weight excluding hydrogens is 566 g/mol. The molecule has 0 spiro atoms. The molecule has 1 saturated heterocycles. The molecule has 2 aliphatic heterocycles. The van der Waals surface area contributed by atoms with Gasteiger partial charge in [0.05, 0.1) is 32.5 Å². The Morgan fingerprint density at radius 2 is 1.93 bits per heavy atom. The van der Waals surface area contributed by atoms with E-state index in [0.717, 1.165) is 55.1 Å². The zero-order chi connectivity index (χ0) is 30.3. The molecule has 1 amide bonds. The third-order valence-corrected chi connectivity index (χ3v) is 9.37. The molecule has 10 heteroatoms. The second kappa shape index (κ2) is 18.5. The van der Waals surface area contributed by atoms with Gasteiger partial charge in [-0.15, -0.1) is 0 Å². The van der Waals surface area contributed by atoms with Crippen LogP contribution in [0.4, 0.5) is 4.79 Å². The fraction of sp³-hybridized carbons (Fsp3) is 0.606. The molecule has 4 rings (SSSR count). The standard InChI is InChI=1S/C33H49N3O6S/c1-40-28-13-14-32-26(21-28)12-8-3-2-4-9-16-34-17-18-36(43-32)22-30(38)29(20-25-10-6-5-7-11-25)35-33(39)42-31-24-41-23-27(31)15-19-37/h5-7,10-11,13-14,21,27,29-31,34,37-38H,2-4,8-9,12,15-20,22-24H2,1H3,(H,35,39)/t27-,29+,30-,31+/m1/s1. The molecule has 4 atom stereocenters. The number of ether oxygens (including phenoxy) is 3. The molecule has 2 aromatic rings. The Balaban J connectivity index is 1.48. The first-order chi connectivity index (χ1) is 21.1. The first-order valence-corrected chi connectivity index (χ1v) is 16.5. The van der Waals surface area contributed by atoms with Gasteiger partial charge in [-0.2, -0.15) is 0 Å². The minimum absolute atomic E-state index is 0.0170. The third kappa shape index (κ3) is 11.3. The first kappa shape index (κ1) is 33.6. The number of amides is 1. The van der Waals surface area contributed by atoms with Crippen LogP contribution in [0.15, 0.2) is 53.4 Å². The highest BCUT2D eigenvalue weighted by atomic mass is 32.2. The lowest BCUT2D eigenvalue weighted by Gasteiger charge is -2.30. The zero-order valence-electron chi connectivity index (χ0n) is 25.4. The predicted molar refractivity (Wildman–Crippen MR) is 169 cm³/mol. The number of hydrogen-bond donors (Lipinski definition) is 4. The highest BCUT2D eigenvalue weighted by molar-refractivity contribution is 7.97. The SMILES string of the molecule is COc1ccc2c(c1)CCCCCCCNCCN(C[C@@H](O)[C@H](Cc1ccccc1)NC(=O)O[C@H]1COC[C@H]1CCO)S2. The monoisotopic (exact) mass is 615 g/mol. The summed E-state index contributed by atoms with van der Waals surface area (Å²) in [6.45, 7) is 3.67. The van der Waals surface area contributed by atoms with E-state index in [1.807, 2.05) is 36.4 Å². The largest absolute Gasteiger partial charge is 0.497 e. The molecule has 238 valence electrons. The number of aliphatic hydroxyl groups is 2. The zero-order valence-corrected chi connectivity index (χ0v) is 26.2. The van der Waals surface area contributed by atoms with Gasteiger partial charge < -0.3 is 35.1 Å². The van der Waals surface area contributed by atoms with E-state index in [0.29, 0.717) is 32.6 Å². The van der Waals surface area contributed by atoms with Crippen molar-refractivity contribution in [3.8, 4) is 5.75 Å². The number of nitrogens with zero attached hydrogens (tertiary/aromatic N) is 1. The highest BCUT2D eigenvalue weighted by Crippen LogP contribution is 2.31. The van der Waals surface area contributed by atoms with Crippen LogP contribution in [0.1, 0.15) is 49.7 Å². The molecule has 0 aliphatic carbocycles. The van der Waals surface area contributed by atoms with Gasteiger partial charge in [-0.25, -0.2) is 9.10 Å². The molecular formula is C33H49N3O6S. The molecule has 0 unspecified atom stereocenters. The number of nitrogens with one attached hydrogen (secondary N) is 2. The molecule has 0 saturated carbocycles. The first-order valence-electron chi connectivity index (χ1n) is 15.7. The van der Waals surface area contributed by atoms with E-state index in [1.54, 1.807) is 19.1 Å². The lowest BCUT2D eigenvalue weighted by molar-refractivity contribution is 0.0534. The van der Waals surface area contributed by atoms with Crippen molar-refractivity contribution in [2.24, 2.45) is 5.92 Å². The Bertz CT molecular complexity index is 1090. The summed E-state index contributed by atoms with van der Waals surface area (Å²) in [6.07, 6.45) is 6.10. The van der Waals surface area contributed by atoms with E-state index < -0.39 is 24.3 Å². The van der Waals surface area contributed by atoms with Crippen molar-refractivity contribution in [1.29, 1.82) is 0 Å². The number of β-amino-alcohol motifs (C(OH)–C–C–N with tert-alkyl or cyclic N) is 1. The lowest BCUT2D eigenvalue weighted by atomic mass is 10.0. The van der Waals surface area contributed by atoms with Gasteiger partial charge in [0.15, 0.2) is 0 Å².